The first-order valence-electron chi connectivity index (χ1n) is 6.57. The van der Waals surface area contributed by atoms with E-state index in [-0.39, 0.29) is 6.42 Å². The molecule has 1 N–H and O–H groups in total. The average molecular weight is 256 g/mol. The average Bonchev–Trinajstić information content (AvgIpc) is 2.38. The van der Waals surface area contributed by atoms with Gasteiger partial charge in [-0.05, 0) is 29.9 Å². The fourth-order valence-electron chi connectivity index (χ4n) is 2.04. The van der Waals surface area contributed by atoms with E-state index >= 15 is 0 Å². The molecule has 1 aromatic rings. The van der Waals surface area contributed by atoms with E-state index < -0.39 is 18.4 Å². The number of aliphatic hydroxyl groups excluding tert-OH is 1. The second kappa shape index (κ2) is 6.83. The van der Waals surface area contributed by atoms with Crippen LogP contribution < -0.4 is 0 Å². The van der Waals surface area contributed by atoms with Crippen LogP contribution in [0.1, 0.15) is 56.8 Å². The number of aliphatic hydroxyl groups is 1. The third kappa shape index (κ3) is 3.52. The van der Waals surface area contributed by atoms with Gasteiger partial charge in [0.1, 0.15) is 0 Å². The molecule has 0 amide bonds. The highest BCUT2D eigenvalue weighted by Gasteiger charge is 2.27. The number of hydrogen-bond donors (Lipinski definition) is 1. The van der Waals surface area contributed by atoms with Gasteiger partial charge in [0.05, 0.1) is 6.10 Å². The Morgan fingerprint density at radius 1 is 1.00 bits per heavy atom. The summed E-state index contributed by atoms with van der Waals surface area (Å²) in [6.45, 7) is 5.91. The maximum Gasteiger partial charge on any atom is 0.244 e. The van der Waals surface area contributed by atoms with Crippen LogP contribution in [0.4, 0.5) is 8.78 Å². The summed E-state index contributed by atoms with van der Waals surface area (Å²) in [4.78, 5) is 0. The van der Waals surface area contributed by atoms with Crippen LogP contribution in [0.25, 0.3) is 0 Å². The molecule has 0 bridgehead atoms. The van der Waals surface area contributed by atoms with Crippen LogP contribution in [-0.2, 0) is 0 Å². The molecule has 1 nitrogen and oxygen atoms in total. The first-order valence-corrected chi connectivity index (χ1v) is 6.57. The first kappa shape index (κ1) is 15.1. The van der Waals surface area contributed by atoms with Crippen molar-refractivity contribution in [1.82, 2.24) is 0 Å². The molecule has 3 heteroatoms. The molecule has 0 heterocycles. The predicted molar refractivity (Wildman–Crippen MR) is 69.9 cm³/mol. The van der Waals surface area contributed by atoms with E-state index in [4.69, 9.17) is 0 Å². The maximum atomic E-state index is 12.7. The molecular formula is C15H22F2O. The Bertz CT molecular complexity index is 348. The monoisotopic (exact) mass is 256 g/mol. The molecule has 0 aliphatic carbocycles. The van der Waals surface area contributed by atoms with Crippen molar-refractivity contribution in [1.29, 1.82) is 0 Å². The van der Waals surface area contributed by atoms with E-state index in [1.54, 1.807) is 19.1 Å². The molecule has 18 heavy (non-hydrogen) atoms. The van der Waals surface area contributed by atoms with Gasteiger partial charge in [-0.1, -0.05) is 45.0 Å². The Labute approximate surface area is 108 Å². The van der Waals surface area contributed by atoms with Gasteiger partial charge >= 0.3 is 0 Å². The molecule has 0 saturated carbocycles. The summed E-state index contributed by atoms with van der Waals surface area (Å²) in [5.74, 6) is -0.535. The highest BCUT2D eigenvalue weighted by atomic mass is 19.3. The summed E-state index contributed by atoms with van der Waals surface area (Å²) in [5.41, 5.74) is 1.76. The van der Waals surface area contributed by atoms with Gasteiger partial charge in [0.15, 0.2) is 0 Å². The number of hydrogen-bond acceptors (Lipinski definition) is 1. The van der Waals surface area contributed by atoms with Crippen molar-refractivity contribution in [2.45, 2.75) is 52.1 Å². The smallest absolute Gasteiger partial charge is 0.244 e. The van der Waals surface area contributed by atoms with Gasteiger partial charge in [0.25, 0.3) is 0 Å². The van der Waals surface area contributed by atoms with Crippen molar-refractivity contribution >= 4 is 0 Å². The molecule has 0 saturated heterocycles. The Morgan fingerprint density at radius 2 is 1.50 bits per heavy atom. The van der Waals surface area contributed by atoms with Crippen LogP contribution in [0.2, 0.25) is 0 Å². The van der Waals surface area contributed by atoms with Crippen LogP contribution >= 0.6 is 0 Å². The Balaban J connectivity index is 2.84. The quantitative estimate of drug-likeness (QED) is 0.793. The molecule has 0 spiro atoms. The summed E-state index contributed by atoms with van der Waals surface area (Å²) in [7, 11) is 0. The van der Waals surface area contributed by atoms with Crippen molar-refractivity contribution < 1.29 is 13.9 Å². The Hall–Kier alpha value is -0.960. The summed E-state index contributed by atoms with van der Waals surface area (Å²) < 4.78 is 25.5. The minimum Gasteiger partial charge on any atom is -0.388 e. The van der Waals surface area contributed by atoms with E-state index in [9.17, 15) is 13.9 Å². The van der Waals surface area contributed by atoms with E-state index in [0.29, 0.717) is 11.5 Å². The Kier molecular flexibility index (Phi) is 5.73. The SMILES string of the molecule is CCC(C)c1ccc(C(O)C(CC)C(F)F)cc1. The molecule has 0 fully saturated rings. The van der Waals surface area contributed by atoms with Crippen molar-refractivity contribution in [2.75, 3.05) is 0 Å². The standard InChI is InChI=1S/C15H22F2O/c1-4-10(3)11-6-8-12(9-7-11)14(18)13(5-2)15(16)17/h6-10,13-15,18H,4-5H2,1-3H3. The normalized spacial score (nSPS) is 16.6. The van der Waals surface area contributed by atoms with E-state index in [1.165, 1.54) is 5.56 Å². The topological polar surface area (TPSA) is 20.2 Å². The lowest BCUT2D eigenvalue weighted by molar-refractivity contribution is -0.0110. The van der Waals surface area contributed by atoms with Crippen molar-refractivity contribution in [3.63, 3.8) is 0 Å². The molecule has 0 radical (unpaired) electrons. The van der Waals surface area contributed by atoms with Gasteiger partial charge in [-0.25, -0.2) is 8.78 Å². The zero-order valence-electron chi connectivity index (χ0n) is 11.2. The third-order valence-electron chi connectivity index (χ3n) is 3.66. The van der Waals surface area contributed by atoms with Crippen LogP contribution in [0.3, 0.4) is 0 Å². The highest BCUT2D eigenvalue weighted by molar-refractivity contribution is 5.26. The van der Waals surface area contributed by atoms with Gasteiger partial charge in [-0.15, -0.1) is 0 Å². The zero-order valence-corrected chi connectivity index (χ0v) is 11.2. The summed E-state index contributed by atoms with van der Waals surface area (Å²) in [6.07, 6.45) is -2.26. The minimum atomic E-state index is -2.49. The van der Waals surface area contributed by atoms with Gasteiger partial charge in [0, 0.05) is 5.92 Å². The lowest BCUT2D eigenvalue weighted by atomic mass is 9.91. The van der Waals surface area contributed by atoms with Crippen molar-refractivity contribution in [2.24, 2.45) is 5.92 Å². The first-order chi connectivity index (χ1) is 8.51. The fraction of sp³-hybridized carbons (Fsp3) is 0.600. The van der Waals surface area contributed by atoms with Gasteiger partial charge in [-0.3, -0.25) is 0 Å². The summed E-state index contributed by atoms with van der Waals surface area (Å²) in [5, 5.41) is 9.96. The zero-order chi connectivity index (χ0) is 13.7. The molecule has 3 atom stereocenters. The van der Waals surface area contributed by atoms with Crippen LogP contribution in [-0.4, -0.2) is 11.5 Å². The lowest BCUT2D eigenvalue weighted by Crippen LogP contribution is -2.19. The van der Waals surface area contributed by atoms with Crippen molar-refractivity contribution in [3.05, 3.63) is 35.4 Å². The molecule has 0 aliphatic rings. The lowest BCUT2D eigenvalue weighted by Gasteiger charge is -2.21. The largest absolute Gasteiger partial charge is 0.388 e. The minimum absolute atomic E-state index is 0.270. The van der Waals surface area contributed by atoms with Gasteiger partial charge in [0.2, 0.25) is 6.43 Å². The maximum absolute atomic E-state index is 12.7. The second-order valence-electron chi connectivity index (χ2n) is 4.83. The van der Waals surface area contributed by atoms with Crippen LogP contribution in [0, 0.1) is 5.92 Å². The third-order valence-corrected chi connectivity index (χ3v) is 3.66. The van der Waals surface area contributed by atoms with Crippen LogP contribution in [0.5, 0.6) is 0 Å². The highest BCUT2D eigenvalue weighted by Crippen LogP contribution is 2.30. The molecule has 102 valence electrons. The predicted octanol–water partition coefficient (Wildman–Crippen LogP) is 4.52. The summed E-state index contributed by atoms with van der Waals surface area (Å²) in [6, 6.07) is 7.37. The molecule has 0 aromatic heterocycles. The van der Waals surface area contributed by atoms with E-state index in [2.05, 4.69) is 13.8 Å². The molecule has 1 rings (SSSR count). The number of benzene rings is 1. The van der Waals surface area contributed by atoms with E-state index in [1.807, 2.05) is 12.1 Å². The molecule has 1 aromatic carbocycles. The summed E-state index contributed by atoms with van der Waals surface area (Å²) >= 11 is 0. The second-order valence-corrected chi connectivity index (χ2v) is 4.83. The van der Waals surface area contributed by atoms with Gasteiger partial charge in [-0.2, -0.15) is 0 Å². The Morgan fingerprint density at radius 3 is 1.89 bits per heavy atom. The number of halogens is 2. The van der Waals surface area contributed by atoms with Crippen molar-refractivity contribution in [3.8, 4) is 0 Å². The van der Waals surface area contributed by atoms with E-state index in [0.717, 1.165) is 6.42 Å². The van der Waals surface area contributed by atoms with Gasteiger partial charge < -0.3 is 5.11 Å². The number of rotatable bonds is 6. The van der Waals surface area contributed by atoms with Crippen LogP contribution in [0.15, 0.2) is 24.3 Å². The number of alkyl halides is 2. The molecular weight excluding hydrogens is 234 g/mol. The molecule has 3 unspecified atom stereocenters. The fourth-order valence-corrected chi connectivity index (χ4v) is 2.04. The molecule has 0 aliphatic heterocycles.